The van der Waals surface area contributed by atoms with Crippen LogP contribution in [0.4, 0.5) is 5.69 Å². The van der Waals surface area contributed by atoms with Gasteiger partial charge in [0, 0.05) is 18.8 Å². The van der Waals surface area contributed by atoms with Crippen molar-refractivity contribution in [2.45, 2.75) is 12.5 Å². The minimum atomic E-state index is -0.407. The van der Waals surface area contributed by atoms with Crippen molar-refractivity contribution >= 4 is 11.7 Å². The number of hydrogen-bond donors (Lipinski definition) is 0. The highest BCUT2D eigenvalue weighted by atomic mass is 16.5. The van der Waals surface area contributed by atoms with Crippen molar-refractivity contribution in [3.8, 4) is 0 Å². The van der Waals surface area contributed by atoms with Crippen molar-refractivity contribution in [1.82, 2.24) is 4.57 Å². The van der Waals surface area contributed by atoms with E-state index in [0.717, 1.165) is 5.56 Å². The number of methoxy groups -OCH3 is 1. The first kappa shape index (κ1) is 13.0. The van der Waals surface area contributed by atoms with Gasteiger partial charge >= 0.3 is 5.97 Å². The number of rotatable bonds is 5. The number of carbonyl (C=O) groups excluding carboxylic acids is 1. The van der Waals surface area contributed by atoms with Gasteiger partial charge in [0.1, 0.15) is 11.7 Å². The first-order valence-corrected chi connectivity index (χ1v) is 5.87. The van der Waals surface area contributed by atoms with Crippen molar-refractivity contribution in [1.29, 1.82) is 0 Å². The molecule has 1 unspecified atom stereocenters. The predicted molar refractivity (Wildman–Crippen MR) is 71.1 cm³/mol. The summed E-state index contributed by atoms with van der Waals surface area (Å²) in [5.74, 6) is -0.297. The molecule has 5 nitrogen and oxygen atoms in total. The maximum atomic E-state index is 11.8. The molecule has 0 N–H and O–H groups in total. The summed E-state index contributed by atoms with van der Waals surface area (Å²) in [6.07, 6.45) is 4.15. The van der Waals surface area contributed by atoms with Gasteiger partial charge in [-0.1, -0.05) is 12.1 Å². The molecule has 0 amide bonds. The van der Waals surface area contributed by atoms with Crippen LogP contribution in [0.5, 0.6) is 0 Å². The molecule has 1 heterocycles. The van der Waals surface area contributed by atoms with Gasteiger partial charge in [-0.05, 0) is 35.0 Å². The number of hydrogen-bond acceptors (Lipinski definition) is 4. The van der Waals surface area contributed by atoms with Crippen LogP contribution in [0.25, 0.3) is 0 Å². The zero-order chi connectivity index (χ0) is 13.7. The Morgan fingerprint density at radius 3 is 2.42 bits per heavy atom. The molecule has 0 saturated carbocycles. The molecule has 2 rings (SSSR count). The van der Waals surface area contributed by atoms with Crippen molar-refractivity contribution in [3.63, 3.8) is 0 Å². The third-order valence-electron chi connectivity index (χ3n) is 2.93. The van der Waals surface area contributed by atoms with E-state index in [9.17, 15) is 9.70 Å². The fraction of sp³-hybridized carbons (Fsp3) is 0.214. The van der Waals surface area contributed by atoms with Crippen molar-refractivity contribution in [2.75, 3.05) is 7.11 Å². The van der Waals surface area contributed by atoms with E-state index in [2.05, 4.69) is 5.18 Å². The summed E-state index contributed by atoms with van der Waals surface area (Å²) in [7, 11) is 1.37. The summed E-state index contributed by atoms with van der Waals surface area (Å²) in [4.78, 5) is 22.2. The lowest BCUT2D eigenvalue weighted by Crippen LogP contribution is -2.22. The largest absolute Gasteiger partial charge is 0.467 e. The molecule has 5 heteroatoms. The number of aromatic nitrogens is 1. The number of esters is 1. The number of nitrogens with zero attached hydrogens (tertiary/aromatic N) is 2. The van der Waals surface area contributed by atoms with Gasteiger partial charge in [0.05, 0.1) is 7.11 Å². The first-order chi connectivity index (χ1) is 9.24. The van der Waals surface area contributed by atoms with E-state index < -0.39 is 6.04 Å². The molecular formula is C14H14N2O3. The van der Waals surface area contributed by atoms with Gasteiger partial charge in [0.25, 0.3) is 0 Å². The number of carbonyl (C=O) groups is 1. The molecule has 0 saturated heterocycles. The van der Waals surface area contributed by atoms with E-state index in [4.69, 9.17) is 4.74 Å². The predicted octanol–water partition coefficient (Wildman–Crippen LogP) is 2.84. The number of benzene rings is 1. The van der Waals surface area contributed by atoms with E-state index in [1.807, 2.05) is 24.5 Å². The summed E-state index contributed by atoms with van der Waals surface area (Å²) in [6.45, 7) is 0. The summed E-state index contributed by atoms with van der Waals surface area (Å²) in [5.41, 5.74) is 1.32. The molecular weight excluding hydrogens is 244 g/mol. The fourth-order valence-corrected chi connectivity index (χ4v) is 1.92. The Hall–Kier alpha value is -2.43. The Bertz CT molecular complexity index is 547. The van der Waals surface area contributed by atoms with Gasteiger partial charge in [-0.2, -0.15) is 0 Å². The van der Waals surface area contributed by atoms with Gasteiger partial charge in [-0.3, -0.25) is 0 Å². The van der Waals surface area contributed by atoms with Crippen LogP contribution in [-0.2, 0) is 16.0 Å². The van der Waals surface area contributed by atoms with Gasteiger partial charge in [0.15, 0.2) is 0 Å². The lowest BCUT2D eigenvalue weighted by Gasteiger charge is -2.16. The second-order valence-electron chi connectivity index (χ2n) is 4.13. The number of nitroso groups, excluding NO2 is 1. The molecule has 0 spiro atoms. The van der Waals surface area contributed by atoms with Gasteiger partial charge in [0.2, 0.25) is 0 Å². The van der Waals surface area contributed by atoms with E-state index in [1.165, 1.54) is 7.11 Å². The van der Waals surface area contributed by atoms with Crippen LogP contribution in [-0.4, -0.2) is 17.6 Å². The Morgan fingerprint density at radius 2 is 1.89 bits per heavy atom. The quantitative estimate of drug-likeness (QED) is 0.612. The Labute approximate surface area is 110 Å². The molecule has 1 atom stereocenters. The summed E-state index contributed by atoms with van der Waals surface area (Å²) in [6, 6.07) is 10.1. The molecule has 0 bridgehead atoms. The zero-order valence-corrected chi connectivity index (χ0v) is 10.5. The van der Waals surface area contributed by atoms with E-state index >= 15 is 0 Å². The monoisotopic (exact) mass is 258 g/mol. The van der Waals surface area contributed by atoms with Crippen molar-refractivity contribution in [3.05, 3.63) is 59.3 Å². The molecule has 2 aromatic rings. The topological polar surface area (TPSA) is 60.7 Å². The number of ether oxygens (including phenoxy) is 1. The van der Waals surface area contributed by atoms with Crippen LogP contribution in [0.1, 0.15) is 11.6 Å². The second kappa shape index (κ2) is 5.95. The highest BCUT2D eigenvalue weighted by molar-refractivity contribution is 5.74. The average Bonchev–Trinajstić information content (AvgIpc) is 2.98. The highest BCUT2D eigenvalue weighted by Crippen LogP contribution is 2.19. The Kier molecular flexibility index (Phi) is 4.07. The van der Waals surface area contributed by atoms with Crippen LogP contribution in [0.15, 0.2) is 54.0 Å². The molecule has 0 radical (unpaired) electrons. The van der Waals surface area contributed by atoms with Crippen LogP contribution in [0, 0.1) is 4.91 Å². The smallest absolute Gasteiger partial charge is 0.329 e. The van der Waals surface area contributed by atoms with Crippen molar-refractivity contribution in [2.24, 2.45) is 5.18 Å². The van der Waals surface area contributed by atoms with E-state index in [1.54, 1.807) is 28.8 Å². The van der Waals surface area contributed by atoms with Gasteiger partial charge < -0.3 is 9.30 Å². The molecule has 1 aromatic carbocycles. The van der Waals surface area contributed by atoms with Crippen molar-refractivity contribution < 1.29 is 9.53 Å². The molecule has 0 aliphatic heterocycles. The lowest BCUT2D eigenvalue weighted by atomic mass is 10.1. The Morgan fingerprint density at radius 1 is 1.26 bits per heavy atom. The molecule has 0 aliphatic carbocycles. The lowest BCUT2D eigenvalue weighted by molar-refractivity contribution is -0.144. The summed E-state index contributed by atoms with van der Waals surface area (Å²) >= 11 is 0. The zero-order valence-electron chi connectivity index (χ0n) is 10.5. The molecule has 98 valence electrons. The second-order valence-corrected chi connectivity index (χ2v) is 4.13. The first-order valence-electron chi connectivity index (χ1n) is 5.87. The highest BCUT2D eigenvalue weighted by Gasteiger charge is 2.20. The maximum absolute atomic E-state index is 11.8. The third kappa shape index (κ3) is 3.07. The molecule has 0 aliphatic rings. The van der Waals surface area contributed by atoms with E-state index in [-0.39, 0.29) is 5.97 Å². The fourth-order valence-electron chi connectivity index (χ4n) is 1.92. The minimum absolute atomic E-state index is 0.297. The minimum Gasteiger partial charge on any atom is -0.467 e. The summed E-state index contributed by atoms with van der Waals surface area (Å²) < 4.78 is 6.63. The molecule has 0 fully saturated rings. The van der Waals surface area contributed by atoms with Gasteiger partial charge in [-0.15, -0.1) is 4.91 Å². The van der Waals surface area contributed by atoms with Crippen LogP contribution in [0.3, 0.4) is 0 Å². The van der Waals surface area contributed by atoms with Crippen LogP contribution < -0.4 is 0 Å². The Balaban J connectivity index is 2.20. The van der Waals surface area contributed by atoms with Crippen LogP contribution in [0.2, 0.25) is 0 Å². The normalized spacial score (nSPS) is 11.8. The van der Waals surface area contributed by atoms with Gasteiger partial charge in [-0.25, -0.2) is 4.79 Å². The average molecular weight is 258 g/mol. The molecule has 19 heavy (non-hydrogen) atoms. The van der Waals surface area contributed by atoms with E-state index in [0.29, 0.717) is 12.1 Å². The third-order valence-corrected chi connectivity index (χ3v) is 2.93. The standard InChI is InChI=1S/C14H14N2O3/c1-19-14(17)13(16-8-2-3-9-16)10-11-4-6-12(15-18)7-5-11/h2-9,13H,10H2,1H3. The maximum Gasteiger partial charge on any atom is 0.329 e. The van der Waals surface area contributed by atoms with Crippen LogP contribution >= 0.6 is 0 Å². The SMILES string of the molecule is COC(=O)C(Cc1ccc(N=O)cc1)n1cccc1. The summed E-state index contributed by atoms with van der Waals surface area (Å²) in [5, 5.41) is 2.85. The molecule has 1 aromatic heterocycles.